The van der Waals surface area contributed by atoms with E-state index in [-0.39, 0.29) is 23.6 Å². The zero-order valence-electron chi connectivity index (χ0n) is 11.8. The number of nitrogens with one attached hydrogen (secondary N) is 2. The molecule has 0 saturated carbocycles. The highest BCUT2D eigenvalue weighted by Gasteiger charge is 2.09. The summed E-state index contributed by atoms with van der Waals surface area (Å²) in [5.74, 6) is -0.300. The summed E-state index contributed by atoms with van der Waals surface area (Å²) in [6.07, 6.45) is 1.65. The van der Waals surface area contributed by atoms with Gasteiger partial charge in [0.2, 0.25) is 0 Å². The molecular formula is C14H14F2N4OS. The fourth-order valence-electron chi connectivity index (χ4n) is 1.80. The molecule has 0 radical (unpaired) electrons. The largest absolute Gasteiger partial charge is 0.493 e. The van der Waals surface area contributed by atoms with Crippen LogP contribution in [0.2, 0.25) is 0 Å². The predicted molar refractivity (Wildman–Crippen MR) is 82.9 cm³/mol. The lowest BCUT2D eigenvalue weighted by atomic mass is 10.1. The van der Waals surface area contributed by atoms with E-state index in [1.54, 1.807) is 6.07 Å². The van der Waals surface area contributed by atoms with Crippen LogP contribution < -0.4 is 15.4 Å². The Bertz CT molecular complexity index is 649. The molecule has 116 valence electrons. The molecule has 1 aromatic heterocycles. The van der Waals surface area contributed by atoms with Gasteiger partial charge in [-0.05, 0) is 30.8 Å². The normalized spacial score (nSPS) is 10.1. The topological polar surface area (TPSA) is 59.1 Å². The first-order chi connectivity index (χ1) is 10.6. The number of benzene rings is 1. The summed E-state index contributed by atoms with van der Waals surface area (Å²) >= 11 is 5.09. The second kappa shape index (κ2) is 7.60. The third-order valence-corrected chi connectivity index (χ3v) is 3.10. The smallest absolute Gasteiger partial charge is 0.197 e. The number of anilines is 1. The highest BCUT2D eigenvalue weighted by Crippen LogP contribution is 2.18. The van der Waals surface area contributed by atoms with E-state index in [1.807, 2.05) is 0 Å². The number of ether oxygens (including phenoxy) is 1. The Kier molecular flexibility index (Phi) is 5.54. The standard InChI is InChI=1S/C14H14F2N4OS/c1-21-12-6-8-18-20-13(12)19-14(22)17-7-5-9-10(15)3-2-4-11(9)16/h2-4,6,8H,5,7H2,1H3,(H2,17,19,20,22). The zero-order chi connectivity index (χ0) is 15.9. The molecule has 2 aromatic rings. The molecule has 0 amide bonds. The molecule has 2 rings (SSSR count). The van der Waals surface area contributed by atoms with Crippen LogP contribution in [-0.4, -0.2) is 29.0 Å². The van der Waals surface area contributed by atoms with Crippen LogP contribution in [0.4, 0.5) is 14.6 Å². The quantitative estimate of drug-likeness (QED) is 0.823. The van der Waals surface area contributed by atoms with Gasteiger partial charge in [0.05, 0.1) is 13.3 Å². The Morgan fingerprint density at radius 2 is 2.00 bits per heavy atom. The van der Waals surface area contributed by atoms with Gasteiger partial charge in [-0.3, -0.25) is 0 Å². The molecule has 1 heterocycles. The minimum absolute atomic E-state index is 0.0230. The van der Waals surface area contributed by atoms with Crippen LogP contribution in [0.15, 0.2) is 30.5 Å². The van der Waals surface area contributed by atoms with Crippen LogP contribution in [-0.2, 0) is 6.42 Å². The molecule has 0 atom stereocenters. The Labute approximate surface area is 131 Å². The van der Waals surface area contributed by atoms with Crippen molar-refractivity contribution in [2.45, 2.75) is 6.42 Å². The molecular weight excluding hydrogens is 310 g/mol. The van der Waals surface area contributed by atoms with Gasteiger partial charge in [-0.1, -0.05) is 6.07 Å². The van der Waals surface area contributed by atoms with E-state index in [2.05, 4.69) is 20.8 Å². The van der Waals surface area contributed by atoms with Gasteiger partial charge in [-0.2, -0.15) is 5.10 Å². The maximum Gasteiger partial charge on any atom is 0.197 e. The monoisotopic (exact) mass is 324 g/mol. The molecule has 1 aromatic carbocycles. The van der Waals surface area contributed by atoms with E-state index in [4.69, 9.17) is 17.0 Å². The minimum atomic E-state index is -0.573. The van der Waals surface area contributed by atoms with E-state index in [0.717, 1.165) is 0 Å². The molecule has 0 bridgehead atoms. The summed E-state index contributed by atoms with van der Waals surface area (Å²) in [6.45, 7) is 0.270. The number of nitrogens with zero attached hydrogens (tertiary/aromatic N) is 2. The van der Waals surface area contributed by atoms with Crippen molar-refractivity contribution < 1.29 is 13.5 Å². The summed E-state index contributed by atoms with van der Waals surface area (Å²) in [7, 11) is 1.50. The highest BCUT2D eigenvalue weighted by molar-refractivity contribution is 7.80. The predicted octanol–water partition coefficient (Wildman–Crippen LogP) is 2.29. The fourth-order valence-corrected chi connectivity index (χ4v) is 1.99. The van der Waals surface area contributed by atoms with Crippen LogP contribution >= 0.6 is 12.2 Å². The summed E-state index contributed by atoms with van der Waals surface area (Å²) in [4.78, 5) is 0. The first-order valence-corrected chi connectivity index (χ1v) is 6.86. The van der Waals surface area contributed by atoms with Crippen LogP contribution in [0.1, 0.15) is 5.56 Å². The van der Waals surface area contributed by atoms with Crippen LogP contribution in [0.5, 0.6) is 5.75 Å². The molecule has 0 aliphatic rings. The summed E-state index contributed by atoms with van der Waals surface area (Å²) in [5.41, 5.74) is 0.0230. The van der Waals surface area contributed by atoms with Crippen LogP contribution in [0.25, 0.3) is 0 Å². The number of hydrogen-bond acceptors (Lipinski definition) is 4. The van der Waals surface area contributed by atoms with E-state index in [9.17, 15) is 8.78 Å². The second-order valence-corrected chi connectivity index (χ2v) is 4.69. The Balaban J connectivity index is 1.88. The molecule has 5 nitrogen and oxygen atoms in total. The van der Waals surface area contributed by atoms with Crippen molar-refractivity contribution in [3.05, 3.63) is 47.7 Å². The Hall–Kier alpha value is -2.35. The van der Waals surface area contributed by atoms with Crippen molar-refractivity contribution in [3.8, 4) is 5.75 Å². The van der Waals surface area contributed by atoms with Gasteiger partial charge in [-0.25, -0.2) is 8.78 Å². The van der Waals surface area contributed by atoms with Crippen molar-refractivity contribution in [1.29, 1.82) is 0 Å². The zero-order valence-corrected chi connectivity index (χ0v) is 12.6. The summed E-state index contributed by atoms with van der Waals surface area (Å²) < 4.78 is 32.0. The minimum Gasteiger partial charge on any atom is -0.493 e. The molecule has 0 saturated heterocycles. The van der Waals surface area contributed by atoms with Crippen LogP contribution in [0.3, 0.4) is 0 Å². The average molecular weight is 324 g/mol. The van der Waals surface area contributed by atoms with Crippen molar-refractivity contribution in [3.63, 3.8) is 0 Å². The lowest BCUT2D eigenvalue weighted by Gasteiger charge is -2.12. The third-order valence-electron chi connectivity index (χ3n) is 2.86. The van der Waals surface area contributed by atoms with Gasteiger partial charge in [0, 0.05) is 18.2 Å². The summed E-state index contributed by atoms with van der Waals surface area (Å²) in [6, 6.07) is 5.40. The molecule has 8 heteroatoms. The maximum atomic E-state index is 13.5. The van der Waals surface area contributed by atoms with E-state index in [1.165, 1.54) is 31.5 Å². The SMILES string of the molecule is COc1ccnnc1NC(=S)NCCc1c(F)cccc1F. The number of thiocarbonyl (C=S) groups is 1. The molecule has 0 fully saturated rings. The number of aromatic nitrogens is 2. The number of hydrogen-bond donors (Lipinski definition) is 2. The Morgan fingerprint density at radius 1 is 1.27 bits per heavy atom. The van der Waals surface area contributed by atoms with E-state index in [0.29, 0.717) is 11.6 Å². The average Bonchev–Trinajstić information content (AvgIpc) is 2.51. The van der Waals surface area contributed by atoms with Gasteiger partial charge >= 0.3 is 0 Å². The van der Waals surface area contributed by atoms with Gasteiger partial charge in [0.15, 0.2) is 16.7 Å². The first-order valence-electron chi connectivity index (χ1n) is 6.45. The van der Waals surface area contributed by atoms with Crippen molar-refractivity contribution in [2.24, 2.45) is 0 Å². The first kappa shape index (κ1) is 16.0. The summed E-state index contributed by atoms with van der Waals surface area (Å²) in [5, 5.41) is 13.5. The molecule has 0 spiro atoms. The van der Waals surface area contributed by atoms with Crippen LogP contribution in [0, 0.1) is 11.6 Å². The molecule has 22 heavy (non-hydrogen) atoms. The number of rotatable bonds is 5. The maximum absolute atomic E-state index is 13.5. The third kappa shape index (κ3) is 4.08. The molecule has 0 unspecified atom stereocenters. The molecule has 0 aliphatic heterocycles. The Morgan fingerprint density at radius 3 is 2.68 bits per heavy atom. The van der Waals surface area contributed by atoms with Crippen molar-refractivity contribution in [1.82, 2.24) is 15.5 Å². The number of halogens is 2. The van der Waals surface area contributed by atoms with Crippen molar-refractivity contribution >= 4 is 23.1 Å². The van der Waals surface area contributed by atoms with Crippen molar-refractivity contribution in [2.75, 3.05) is 19.0 Å². The highest BCUT2D eigenvalue weighted by atomic mass is 32.1. The van der Waals surface area contributed by atoms with E-state index < -0.39 is 11.6 Å². The van der Waals surface area contributed by atoms with Gasteiger partial charge in [0.25, 0.3) is 0 Å². The van der Waals surface area contributed by atoms with Gasteiger partial charge in [0.1, 0.15) is 11.6 Å². The van der Waals surface area contributed by atoms with Gasteiger partial charge in [-0.15, -0.1) is 5.10 Å². The lowest BCUT2D eigenvalue weighted by molar-refractivity contribution is 0.414. The van der Waals surface area contributed by atoms with E-state index >= 15 is 0 Å². The molecule has 2 N–H and O–H groups in total. The van der Waals surface area contributed by atoms with Gasteiger partial charge < -0.3 is 15.4 Å². The fraction of sp³-hybridized carbons (Fsp3) is 0.214. The molecule has 0 aliphatic carbocycles. The lowest BCUT2D eigenvalue weighted by Crippen LogP contribution is -2.31. The second-order valence-electron chi connectivity index (χ2n) is 4.28. The number of methoxy groups -OCH3 is 1.